The van der Waals surface area contributed by atoms with Crippen LogP contribution in [0.2, 0.25) is 0 Å². The second-order valence-electron chi connectivity index (χ2n) is 14.1. The van der Waals surface area contributed by atoms with Crippen LogP contribution in [-0.4, -0.2) is 23.0 Å². The number of amidine groups is 2. The van der Waals surface area contributed by atoms with Crippen LogP contribution in [0.5, 0.6) is 0 Å². The summed E-state index contributed by atoms with van der Waals surface area (Å²) in [6.07, 6.45) is 0. The van der Waals surface area contributed by atoms with Crippen molar-refractivity contribution in [3.8, 4) is 27.9 Å². The molecular weight excluding hydrogens is 697 g/mol. The van der Waals surface area contributed by atoms with E-state index in [1.165, 1.54) is 10.8 Å². The Kier molecular flexibility index (Phi) is 8.65. The third-order valence-corrected chi connectivity index (χ3v) is 10.6. The number of fused-ring (bicyclic) bond motifs is 6. The molecule has 0 atom stereocenters. The van der Waals surface area contributed by atoms with E-state index in [0.29, 0.717) is 18.2 Å². The van der Waals surface area contributed by atoms with Gasteiger partial charge in [0, 0.05) is 38.4 Å². The van der Waals surface area contributed by atoms with Crippen molar-refractivity contribution in [3.63, 3.8) is 0 Å². The van der Waals surface area contributed by atoms with E-state index in [1.54, 1.807) is 0 Å². The van der Waals surface area contributed by atoms with Crippen LogP contribution >= 0.6 is 0 Å². The molecule has 8 aromatic carbocycles. The summed E-state index contributed by atoms with van der Waals surface area (Å²) in [6, 6.07) is 67.4. The zero-order valence-corrected chi connectivity index (χ0v) is 31.1. The Morgan fingerprint density at radius 1 is 0.456 bits per heavy atom. The van der Waals surface area contributed by atoms with Gasteiger partial charge in [0.25, 0.3) is 0 Å². The maximum Gasteiger partial charge on any atom is 0.161 e. The lowest BCUT2D eigenvalue weighted by Crippen LogP contribution is -2.05. The Morgan fingerprint density at radius 3 is 1.91 bits per heavy atom. The molecule has 0 unspecified atom stereocenters. The standard InChI is InChI=1S/C52H36N4O/c1-53-51(37-15-6-3-7-16-37)55-52(54-34-35-13-4-2-5-14-35)41-18-12-17-38(31-41)36-23-27-42(28-24-36)56-47-21-10-8-19-43(47)46-32-39(26-30-48(46)56)40-25-29-45-44-20-9-11-22-49(44)57-50(45)33-40/h2-33H,1,34H2/b54-52-,55-51-. The fourth-order valence-corrected chi connectivity index (χ4v) is 7.80. The molecule has 0 spiro atoms. The molecule has 10 aromatic rings. The Balaban J connectivity index is 1.00. The molecule has 0 amide bonds. The van der Waals surface area contributed by atoms with E-state index in [9.17, 15) is 0 Å². The van der Waals surface area contributed by atoms with E-state index in [-0.39, 0.29) is 0 Å². The lowest BCUT2D eigenvalue weighted by molar-refractivity contribution is 0.669. The van der Waals surface area contributed by atoms with Crippen LogP contribution in [0.3, 0.4) is 0 Å². The predicted molar refractivity (Wildman–Crippen MR) is 238 cm³/mol. The first-order chi connectivity index (χ1) is 28.2. The largest absolute Gasteiger partial charge is 0.456 e. The first-order valence-electron chi connectivity index (χ1n) is 19.1. The van der Waals surface area contributed by atoms with Gasteiger partial charge in [-0.3, -0.25) is 4.99 Å². The summed E-state index contributed by atoms with van der Waals surface area (Å²) in [5.41, 5.74) is 12.6. The van der Waals surface area contributed by atoms with Gasteiger partial charge in [-0.05, 0) is 89.1 Å². The zero-order valence-electron chi connectivity index (χ0n) is 31.1. The Hall–Kier alpha value is -7.63. The van der Waals surface area contributed by atoms with Gasteiger partial charge in [0.1, 0.15) is 11.2 Å². The van der Waals surface area contributed by atoms with Gasteiger partial charge in [0.2, 0.25) is 0 Å². The molecule has 0 bridgehead atoms. The smallest absolute Gasteiger partial charge is 0.161 e. The van der Waals surface area contributed by atoms with Crippen molar-refractivity contribution >= 4 is 62.1 Å². The van der Waals surface area contributed by atoms with Gasteiger partial charge in [-0.2, -0.15) is 0 Å². The van der Waals surface area contributed by atoms with E-state index in [1.807, 2.05) is 60.7 Å². The molecule has 2 heterocycles. The Labute approximate surface area is 330 Å². The summed E-state index contributed by atoms with van der Waals surface area (Å²) in [5, 5.41) is 4.69. The SMILES string of the molecule is C=N/C(=N\C(=N/Cc1ccccc1)c1cccc(-c2ccc(-n3c4ccccc4c4cc(-c5ccc6c(c5)oc5ccccc56)ccc43)cc2)c1)c1ccccc1. The lowest BCUT2D eigenvalue weighted by Gasteiger charge is -2.11. The van der Waals surface area contributed by atoms with Crippen molar-refractivity contribution in [2.45, 2.75) is 6.54 Å². The van der Waals surface area contributed by atoms with Crippen LogP contribution in [0, 0.1) is 0 Å². The number of rotatable bonds is 7. The maximum atomic E-state index is 6.24. The summed E-state index contributed by atoms with van der Waals surface area (Å²) in [5.74, 6) is 1.13. The molecule has 10 rings (SSSR count). The molecule has 5 nitrogen and oxygen atoms in total. The van der Waals surface area contributed by atoms with Crippen LogP contribution in [0.4, 0.5) is 0 Å². The Bertz CT molecular complexity index is 3150. The molecular formula is C52H36N4O. The zero-order chi connectivity index (χ0) is 38.1. The van der Waals surface area contributed by atoms with Crippen molar-refractivity contribution in [3.05, 3.63) is 211 Å². The molecule has 0 aliphatic carbocycles. The number of hydrogen-bond acceptors (Lipinski definition) is 2. The van der Waals surface area contributed by atoms with Gasteiger partial charge in [-0.1, -0.05) is 140 Å². The molecule has 5 heteroatoms. The first kappa shape index (κ1) is 33.9. The highest BCUT2D eigenvalue weighted by atomic mass is 16.3. The van der Waals surface area contributed by atoms with Gasteiger partial charge in [0.05, 0.1) is 17.6 Å². The second kappa shape index (κ2) is 14.5. The van der Waals surface area contributed by atoms with Gasteiger partial charge < -0.3 is 8.98 Å². The average molecular weight is 733 g/mol. The van der Waals surface area contributed by atoms with Crippen molar-refractivity contribution in [1.29, 1.82) is 0 Å². The fourth-order valence-electron chi connectivity index (χ4n) is 7.80. The number of hydrogen-bond donors (Lipinski definition) is 0. The molecule has 0 saturated carbocycles. The minimum atomic E-state index is 0.495. The van der Waals surface area contributed by atoms with Crippen molar-refractivity contribution in [1.82, 2.24) is 4.57 Å². The van der Waals surface area contributed by atoms with E-state index in [0.717, 1.165) is 77.6 Å². The molecule has 0 N–H and O–H groups in total. The molecule has 0 aliphatic rings. The Morgan fingerprint density at radius 2 is 1.09 bits per heavy atom. The fraction of sp³-hybridized carbons (Fsp3) is 0.0192. The van der Waals surface area contributed by atoms with Crippen molar-refractivity contribution in [2.75, 3.05) is 0 Å². The first-order valence-corrected chi connectivity index (χ1v) is 19.1. The molecule has 0 aliphatic heterocycles. The number of para-hydroxylation sites is 2. The van der Waals surface area contributed by atoms with Crippen molar-refractivity contribution < 1.29 is 4.42 Å². The number of nitrogens with zero attached hydrogens (tertiary/aromatic N) is 4. The van der Waals surface area contributed by atoms with Gasteiger partial charge >= 0.3 is 0 Å². The predicted octanol–water partition coefficient (Wildman–Crippen LogP) is 13.1. The van der Waals surface area contributed by atoms with Crippen LogP contribution in [0.1, 0.15) is 16.7 Å². The summed E-state index contributed by atoms with van der Waals surface area (Å²) in [7, 11) is 0. The van der Waals surface area contributed by atoms with Crippen LogP contribution in [0.15, 0.2) is 214 Å². The van der Waals surface area contributed by atoms with E-state index >= 15 is 0 Å². The highest BCUT2D eigenvalue weighted by Crippen LogP contribution is 2.37. The van der Waals surface area contributed by atoms with E-state index < -0.39 is 0 Å². The summed E-state index contributed by atoms with van der Waals surface area (Å²) in [6.45, 7) is 4.32. The highest BCUT2D eigenvalue weighted by Gasteiger charge is 2.15. The number of aliphatic imine (C=N–C) groups is 3. The topological polar surface area (TPSA) is 55.1 Å². The molecule has 2 aromatic heterocycles. The molecule has 0 fully saturated rings. The number of aromatic nitrogens is 1. The molecule has 0 saturated heterocycles. The minimum absolute atomic E-state index is 0.495. The van der Waals surface area contributed by atoms with Crippen LogP contribution in [0.25, 0.3) is 71.7 Å². The van der Waals surface area contributed by atoms with Crippen molar-refractivity contribution in [2.24, 2.45) is 15.0 Å². The number of furan rings is 1. The van der Waals surface area contributed by atoms with Gasteiger partial charge in [-0.25, -0.2) is 9.98 Å². The summed E-state index contributed by atoms with van der Waals surface area (Å²) >= 11 is 0. The normalized spacial score (nSPS) is 12.2. The highest BCUT2D eigenvalue weighted by molar-refractivity contribution is 6.13. The van der Waals surface area contributed by atoms with E-state index in [4.69, 9.17) is 14.4 Å². The van der Waals surface area contributed by atoms with Gasteiger partial charge in [-0.15, -0.1) is 0 Å². The van der Waals surface area contributed by atoms with E-state index in [2.05, 4.69) is 150 Å². The van der Waals surface area contributed by atoms with Crippen LogP contribution in [-0.2, 0) is 6.54 Å². The third kappa shape index (κ3) is 6.41. The molecule has 57 heavy (non-hydrogen) atoms. The summed E-state index contributed by atoms with van der Waals surface area (Å²) in [4.78, 5) is 14.3. The summed E-state index contributed by atoms with van der Waals surface area (Å²) < 4.78 is 8.59. The quantitative estimate of drug-likeness (QED) is 0.119. The monoisotopic (exact) mass is 732 g/mol. The minimum Gasteiger partial charge on any atom is -0.456 e. The van der Waals surface area contributed by atoms with Gasteiger partial charge in [0.15, 0.2) is 11.7 Å². The molecule has 270 valence electrons. The average Bonchev–Trinajstić information content (AvgIpc) is 3.82. The second-order valence-corrected chi connectivity index (χ2v) is 14.1. The third-order valence-electron chi connectivity index (χ3n) is 10.6. The lowest BCUT2D eigenvalue weighted by atomic mass is 10.0. The number of benzene rings is 8. The maximum absolute atomic E-state index is 6.24. The van der Waals surface area contributed by atoms with Crippen LogP contribution < -0.4 is 0 Å². The molecule has 0 radical (unpaired) electrons.